The van der Waals surface area contributed by atoms with Crippen molar-refractivity contribution in [3.05, 3.63) is 24.8 Å². The second-order valence-electron chi connectivity index (χ2n) is 3.42. The maximum atomic E-state index is 5.36. The lowest BCUT2D eigenvalue weighted by Crippen LogP contribution is -2.25. The molecule has 76 valence electrons. The van der Waals surface area contributed by atoms with Gasteiger partial charge in [0.1, 0.15) is 0 Å². The van der Waals surface area contributed by atoms with Gasteiger partial charge < -0.3 is 10.1 Å². The minimum Gasteiger partial charge on any atom is -0.377 e. The molecule has 0 rings (SSSR count). The van der Waals surface area contributed by atoms with Crippen molar-refractivity contribution in [2.75, 3.05) is 19.8 Å². The van der Waals surface area contributed by atoms with E-state index in [1.54, 1.807) is 0 Å². The maximum Gasteiger partial charge on any atom is 0.0686 e. The van der Waals surface area contributed by atoms with Gasteiger partial charge in [-0.05, 0) is 12.0 Å². The van der Waals surface area contributed by atoms with Crippen molar-refractivity contribution >= 4 is 0 Å². The Balaban J connectivity index is 3.25. The first kappa shape index (κ1) is 12.4. The van der Waals surface area contributed by atoms with Crippen LogP contribution in [0.1, 0.15) is 20.3 Å². The zero-order valence-corrected chi connectivity index (χ0v) is 8.81. The van der Waals surface area contributed by atoms with Crippen LogP contribution >= 0.6 is 0 Å². The molecule has 0 aromatic carbocycles. The van der Waals surface area contributed by atoms with Gasteiger partial charge in [-0.2, -0.15) is 0 Å². The molecule has 1 N–H and O–H groups in total. The molecule has 0 aromatic rings. The van der Waals surface area contributed by atoms with Crippen molar-refractivity contribution in [2.24, 2.45) is 0 Å². The number of hydrogen-bond donors (Lipinski definition) is 1. The first-order valence-corrected chi connectivity index (χ1v) is 4.75. The van der Waals surface area contributed by atoms with Gasteiger partial charge in [0, 0.05) is 12.6 Å². The van der Waals surface area contributed by atoms with Crippen LogP contribution in [0.5, 0.6) is 0 Å². The molecule has 13 heavy (non-hydrogen) atoms. The van der Waals surface area contributed by atoms with E-state index in [2.05, 4.69) is 32.3 Å². The van der Waals surface area contributed by atoms with E-state index in [0.29, 0.717) is 12.6 Å². The number of hydrogen-bond acceptors (Lipinski definition) is 2. The van der Waals surface area contributed by atoms with Crippen molar-refractivity contribution in [2.45, 2.75) is 26.3 Å². The predicted octanol–water partition coefficient (Wildman–Crippen LogP) is 2.13. The fourth-order valence-electron chi connectivity index (χ4n) is 0.783. The molecule has 0 atom stereocenters. The Morgan fingerprint density at radius 1 is 1.54 bits per heavy atom. The Morgan fingerprint density at radius 2 is 2.23 bits per heavy atom. The number of nitrogens with one attached hydrogen (secondary N) is 1. The summed E-state index contributed by atoms with van der Waals surface area (Å²) in [6, 6.07) is 0.505. The SMILES string of the molecule is C=CCCOCC(=C)CNC(C)C. The van der Waals surface area contributed by atoms with Gasteiger partial charge >= 0.3 is 0 Å². The highest BCUT2D eigenvalue weighted by Crippen LogP contribution is 1.92. The lowest BCUT2D eigenvalue weighted by atomic mass is 10.3. The third-order valence-corrected chi connectivity index (χ3v) is 1.53. The molecule has 0 aromatic heterocycles. The molecule has 0 radical (unpaired) electrons. The zero-order chi connectivity index (χ0) is 10.1. The second-order valence-corrected chi connectivity index (χ2v) is 3.42. The van der Waals surface area contributed by atoms with E-state index in [9.17, 15) is 0 Å². The lowest BCUT2D eigenvalue weighted by Gasteiger charge is -2.10. The van der Waals surface area contributed by atoms with Crippen molar-refractivity contribution in [1.29, 1.82) is 0 Å². The number of rotatable bonds is 8. The quantitative estimate of drug-likeness (QED) is 0.460. The van der Waals surface area contributed by atoms with Crippen LogP contribution in [0.4, 0.5) is 0 Å². The van der Waals surface area contributed by atoms with Gasteiger partial charge in [0.2, 0.25) is 0 Å². The van der Waals surface area contributed by atoms with Gasteiger partial charge in [0.15, 0.2) is 0 Å². The van der Waals surface area contributed by atoms with Gasteiger partial charge in [-0.25, -0.2) is 0 Å². The van der Waals surface area contributed by atoms with E-state index in [1.165, 1.54) is 0 Å². The molecule has 0 saturated carbocycles. The van der Waals surface area contributed by atoms with E-state index in [4.69, 9.17) is 4.74 Å². The topological polar surface area (TPSA) is 21.3 Å². The van der Waals surface area contributed by atoms with Gasteiger partial charge in [-0.15, -0.1) is 6.58 Å². The molecule has 0 amide bonds. The molecule has 0 saturated heterocycles. The Labute approximate surface area is 81.7 Å². The van der Waals surface area contributed by atoms with Crippen LogP contribution in [-0.2, 0) is 4.74 Å². The third-order valence-electron chi connectivity index (χ3n) is 1.53. The minimum atomic E-state index is 0.505. The summed E-state index contributed by atoms with van der Waals surface area (Å²) in [5.74, 6) is 0. The fourth-order valence-corrected chi connectivity index (χ4v) is 0.783. The van der Waals surface area contributed by atoms with Crippen molar-refractivity contribution < 1.29 is 4.74 Å². The first-order valence-electron chi connectivity index (χ1n) is 4.75. The van der Waals surface area contributed by atoms with Gasteiger partial charge in [-0.3, -0.25) is 0 Å². The Morgan fingerprint density at radius 3 is 2.77 bits per heavy atom. The first-order chi connectivity index (χ1) is 6.16. The van der Waals surface area contributed by atoms with Crippen LogP contribution in [0.3, 0.4) is 0 Å². The highest BCUT2D eigenvalue weighted by molar-refractivity contribution is 4.97. The van der Waals surface area contributed by atoms with Crippen LogP contribution in [0.25, 0.3) is 0 Å². The molecule has 2 heteroatoms. The highest BCUT2D eigenvalue weighted by Gasteiger charge is 1.96. The summed E-state index contributed by atoms with van der Waals surface area (Å²) >= 11 is 0. The maximum absolute atomic E-state index is 5.36. The average Bonchev–Trinajstić information content (AvgIpc) is 2.09. The molecule has 0 spiro atoms. The predicted molar refractivity (Wildman–Crippen MR) is 57.9 cm³/mol. The third kappa shape index (κ3) is 9.31. The van der Waals surface area contributed by atoms with Crippen molar-refractivity contribution in [3.8, 4) is 0 Å². The monoisotopic (exact) mass is 183 g/mol. The summed E-state index contributed by atoms with van der Waals surface area (Å²) < 4.78 is 5.36. The van der Waals surface area contributed by atoms with Crippen LogP contribution in [0.2, 0.25) is 0 Å². The smallest absolute Gasteiger partial charge is 0.0686 e. The molecule has 0 unspecified atom stereocenters. The standard InChI is InChI=1S/C11H21NO/c1-5-6-7-13-9-11(4)8-12-10(2)3/h5,10,12H,1,4,6-9H2,2-3H3. The summed E-state index contributed by atoms with van der Waals surface area (Å²) in [5.41, 5.74) is 1.10. The summed E-state index contributed by atoms with van der Waals surface area (Å²) in [4.78, 5) is 0. The van der Waals surface area contributed by atoms with Crippen LogP contribution < -0.4 is 5.32 Å². The molecule has 0 aliphatic carbocycles. The molecule has 2 nitrogen and oxygen atoms in total. The molecule has 0 bridgehead atoms. The van der Waals surface area contributed by atoms with Crippen LogP contribution in [0.15, 0.2) is 24.8 Å². The minimum absolute atomic E-state index is 0.505. The van der Waals surface area contributed by atoms with Crippen molar-refractivity contribution in [3.63, 3.8) is 0 Å². The average molecular weight is 183 g/mol. The summed E-state index contributed by atoms with van der Waals surface area (Å²) in [6.45, 7) is 14.0. The molecular weight excluding hydrogens is 162 g/mol. The Kier molecular flexibility index (Phi) is 7.65. The van der Waals surface area contributed by atoms with Crippen LogP contribution in [0, 0.1) is 0 Å². The van der Waals surface area contributed by atoms with Gasteiger partial charge in [0.05, 0.1) is 13.2 Å². The highest BCUT2D eigenvalue weighted by atomic mass is 16.5. The zero-order valence-electron chi connectivity index (χ0n) is 8.81. The van der Waals surface area contributed by atoms with Gasteiger partial charge in [0.25, 0.3) is 0 Å². The van der Waals surface area contributed by atoms with E-state index in [-0.39, 0.29) is 0 Å². The van der Waals surface area contributed by atoms with E-state index < -0.39 is 0 Å². The summed E-state index contributed by atoms with van der Waals surface area (Å²) in [5, 5.41) is 3.29. The fraction of sp³-hybridized carbons (Fsp3) is 0.636. The normalized spacial score (nSPS) is 10.4. The van der Waals surface area contributed by atoms with Gasteiger partial charge in [-0.1, -0.05) is 26.5 Å². The van der Waals surface area contributed by atoms with E-state index in [1.807, 2.05) is 6.08 Å². The number of ether oxygens (including phenoxy) is 1. The molecule has 0 fully saturated rings. The van der Waals surface area contributed by atoms with E-state index in [0.717, 1.165) is 25.1 Å². The molecule has 0 heterocycles. The van der Waals surface area contributed by atoms with E-state index >= 15 is 0 Å². The van der Waals surface area contributed by atoms with Crippen LogP contribution in [-0.4, -0.2) is 25.8 Å². The summed E-state index contributed by atoms with van der Waals surface area (Å²) in [7, 11) is 0. The largest absolute Gasteiger partial charge is 0.377 e. The Bertz CT molecular complexity index is 152. The van der Waals surface area contributed by atoms with Crippen molar-refractivity contribution in [1.82, 2.24) is 5.32 Å². The lowest BCUT2D eigenvalue weighted by molar-refractivity contribution is 0.160. The molecule has 0 aliphatic rings. The summed E-state index contributed by atoms with van der Waals surface area (Å²) in [6.07, 6.45) is 2.76. The molecule has 0 aliphatic heterocycles. The Hall–Kier alpha value is -0.600. The second kappa shape index (κ2) is 8.02. The molecular formula is C11H21NO.